The predicted octanol–water partition coefficient (Wildman–Crippen LogP) is 2.49. The molecule has 2 aromatic rings. The van der Waals surface area contributed by atoms with Gasteiger partial charge in [-0.2, -0.15) is 0 Å². The number of rotatable bonds is 2. The normalized spacial score (nSPS) is 17.6. The van der Waals surface area contributed by atoms with Gasteiger partial charge in [0.05, 0.1) is 18.3 Å². The summed E-state index contributed by atoms with van der Waals surface area (Å²) in [5.41, 5.74) is 1.08. The first kappa shape index (κ1) is 13.3. The van der Waals surface area contributed by atoms with Crippen LogP contribution in [0.4, 0.5) is 8.78 Å². The molecule has 0 unspecified atom stereocenters. The van der Waals surface area contributed by atoms with Gasteiger partial charge in [-0.15, -0.1) is 0 Å². The molecule has 1 aliphatic rings. The minimum Gasteiger partial charge on any atom is -0.488 e. The van der Waals surface area contributed by atoms with Crippen molar-refractivity contribution in [2.24, 2.45) is 0 Å². The van der Waals surface area contributed by atoms with E-state index in [2.05, 4.69) is 4.98 Å². The highest BCUT2D eigenvalue weighted by atomic mass is 32.1. The SMILES string of the molecule is OCc1c[nH]c(=S)n1[C@@H]1COc2c(F)cc(F)cc2C1. The number of H-pyrrole nitrogens is 1. The molecule has 0 aliphatic carbocycles. The molecule has 4 nitrogen and oxygen atoms in total. The van der Waals surface area contributed by atoms with E-state index in [1.165, 1.54) is 6.07 Å². The Hall–Kier alpha value is -1.73. The van der Waals surface area contributed by atoms with Crippen LogP contribution in [-0.4, -0.2) is 21.3 Å². The number of benzene rings is 1. The van der Waals surface area contributed by atoms with E-state index in [9.17, 15) is 13.9 Å². The fourth-order valence-electron chi connectivity index (χ4n) is 2.52. The predicted molar refractivity (Wildman–Crippen MR) is 70.1 cm³/mol. The molecule has 1 aromatic heterocycles. The second-order valence-electron chi connectivity index (χ2n) is 4.66. The largest absolute Gasteiger partial charge is 0.488 e. The average molecular weight is 298 g/mol. The van der Waals surface area contributed by atoms with Crippen molar-refractivity contribution in [2.75, 3.05) is 6.61 Å². The van der Waals surface area contributed by atoms with E-state index in [1.807, 2.05) is 0 Å². The molecule has 3 rings (SSSR count). The highest BCUT2D eigenvalue weighted by Gasteiger charge is 2.26. The number of aromatic amines is 1. The second-order valence-corrected chi connectivity index (χ2v) is 5.04. The van der Waals surface area contributed by atoms with Crippen LogP contribution in [0.15, 0.2) is 18.3 Å². The van der Waals surface area contributed by atoms with Gasteiger partial charge in [0, 0.05) is 24.2 Å². The van der Waals surface area contributed by atoms with Crippen molar-refractivity contribution in [3.63, 3.8) is 0 Å². The fraction of sp³-hybridized carbons (Fsp3) is 0.308. The molecular formula is C13H12F2N2O2S. The average Bonchev–Trinajstić information content (AvgIpc) is 2.78. The minimum absolute atomic E-state index is 0.0928. The molecular weight excluding hydrogens is 286 g/mol. The number of aromatic nitrogens is 2. The van der Waals surface area contributed by atoms with Crippen molar-refractivity contribution < 1.29 is 18.6 Å². The van der Waals surface area contributed by atoms with E-state index in [0.29, 0.717) is 22.4 Å². The lowest BCUT2D eigenvalue weighted by Gasteiger charge is -2.27. The smallest absolute Gasteiger partial charge is 0.177 e. The van der Waals surface area contributed by atoms with Crippen LogP contribution in [0.1, 0.15) is 17.3 Å². The molecule has 106 valence electrons. The summed E-state index contributed by atoms with van der Waals surface area (Å²) in [6.07, 6.45) is 2.01. The molecule has 0 radical (unpaired) electrons. The molecule has 0 amide bonds. The Morgan fingerprint density at radius 1 is 1.45 bits per heavy atom. The second kappa shape index (κ2) is 4.99. The van der Waals surface area contributed by atoms with Gasteiger partial charge in [-0.3, -0.25) is 0 Å². The number of ether oxygens (including phenoxy) is 1. The molecule has 2 N–H and O–H groups in total. The summed E-state index contributed by atoms with van der Waals surface area (Å²) in [5, 5.41) is 9.30. The van der Waals surface area contributed by atoms with Crippen molar-refractivity contribution in [2.45, 2.75) is 19.1 Å². The molecule has 1 atom stereocenters. The van der Waals surface area contributed by atoms with E-state index in [4.69, 9.17) is 17.0 Å². The first-order valence-electron chi connectivity index (χ1n) is 6.10. The molecule has 0 saturated carbocycles. The van der Waals surface area contributed by atoms with Crippen molar-refractivity contribution in [1.82, 2.24) is 9.55 Å². The number of fused-ring (bicyclic) bond motifs is 1. The third-order valence-electron chi connectivity index (χ3n) is 3.38. The Morgan fingerprint density at radius 2 is 2.25 bits per heavy atom. The number of hydrogen-bond donors (Lipinski definition) is 2. The summed E-state index contributed by atoms with van der Waals surface area (Å²) in [5.74, 6) is -1.24. The van der Waals surface area contributed by atoms with Gasteiger partial charge in [0.15, 0.2) is 16.3 Å². The molecule has 1 aromatic carbocycles. The standard InChI is InChI=1S/C13H12F2N2O2S/c14-8-1-7-2-9(6-19-12(7)11(15)3-8)17-10(5-18)4-16-13(17)20/h1,3-4,9,18H,2,5-6H2,(H,16,20)/t9-/m0/s1. The maximum absolute atomic E-state index is 13.6. The van der Waals surface area contributed by atoms with E-state index < -0.39 is 11.6 Å². The van der Waals surface area contributed by atoms with Gasteiger partial charge in [0.25, 0.3) is 0 Å². The summed E-state index contributed by atoms with van der Waals surface area (Å²) in [7, 11) is 0. The van der Waals surface area contributed by atoms with Gasteiger partial charge < -0.3 is 19.4 Å². The molecule has 0 saturated heterocycles. The number of nitrogens with one attached hydrogen (secondary N) is 1. The summed E-state index contributed by atoms with van der Waals surface area (Å²) >= 11 is 5.16. The van der Waals surface area contributed by atoms with Crippen LogP contribution in [0.25, 0.3) is 0 Å². The highest BCUT2D eigenvalue weighted by molar-refractivity contribution is 7.71. The van der Waals surface area contributed by atoms with Crippen LogP contribution < -0.4 is 4.74 Å². The van der Waals surface area contributed by atoms with Gasteiger partial charge in [-0.05, 0) is 18.3 Å². The highest BCUT2D eigenvalue weighted by Crippen LogP contribution is 2.33. The van der Waals surface area contributed by atoms with Gasteiger partial charge in [0.1, 0.15) is 12.4 Å². The Bertz CT molecular complexity index is 711. The number of aliphatic hydroxyl groups excluding tert-OH is 1. The maximum atomic E-state index is 13.6. The first-order valence-corrected chi connectivity index (χ1v) is 6.51. The molecule has 0 spiro atoms. The summed E-state index contributed by atoms with van der Waals surface area (Å²) in [4.78, 5) is 2.85. The Kier molecular flexibility index (Phi) is 3.31. The number of halogens is 2. The van der Waals surface area contributed by atoms with Crippen LogP contribution in [0.5, 0.6) is 5.75 Å². The minimum atomic E-state index is -0.696. The van der Waals surface area contributed by atoms with Crippen LogP contribution in [-0.2, 0) is 13.0 Å². The third kappa shape index (κ3) is 2.12. The lowest BCUT2D eigenvalue weighted by Crippen LogP contribution is -2.26. The topological polar surface area (TPSA) is 50.2 Å². The van der Waals surface area contributed by atoms with Crippen LogP contribution in [0, 0.1) is 16.4 Å². The Labute approximate surface area is 118 Å². The molecule has 0 fully saturated rings. The van der Waals surface area contributed by atoms with E-state index >= 15 is 0 Å². The van der Waals surface area contributed by atoms with Gasteiger partial charge in [0.2, 0.25) is 0 Å². The summed E-state index contributed by atoms with van der Waals surface area (Å²) < 4.78 is 34.4. The quantitative estimate of drug-likeness (QED) is 0.838. The van der Waals surface area contributed by atoms with E-state index in [-0.39, 0.29) is 25.0 Å². The summed E-state index contributed by atoms with van der Waals surface area (Å²) in [6.45, 7) is 0.0444. The molecule has 20 heavy (non-hydrogen) atoms. The lowest BCUT2D eigenvalue weighted by molar-refractivity contribution is 0.200. The van der Waals surface area contributed by atoms with Crippen molar-refractivity contribution in [3.8, 4) is 5.75 Å². The van der Waals surface area contributed by atoms with Crippen LogP contribution in [0.3, 0.4) is 0 Å². The van der Waals surface area contributed by atoms with Crippen molar-refractivity contribution >= 4 is 12.2 Å². The van der Waals surface area contributed by atoms with Gasteiger partial charge in [-0.1, -0.05) is 0 Å². The molecule has 0 bridgehead atoms. The van der Waals surface area contributed by atoms with Crippen LogP contribution in [0.2, 0.25) is 0 Å². The zero-order valence-electron chi connectivity index (χ0n) is 10.4. The molecule has 7 heteroatoms. The fourth-order valence-corrected chi connectivity index (χ4v) is 2.85. The zero-order chi connectivity index (χ0) is 14.3. The molecule has 1 aliphatic heterocycles. The van der Waals surface area contributed by atoms with E-state index in [0.717, 1.165) is 6.07 Å². The number of hydrogen-bond acceptors (Lipinski definition) is 3. The van der Waals surface area contributed by atoms with Gasteiger partial charge >= 0.3 is 0 Å². The number of nitrogens with zero attached hydrogens (tertiary/aromatic N) is 1. The Morgan fingerprint density at radius 3 is 3.00 bits per heavy atom. The lowest BCUT2D eigenvalue weighted by atomic mass is 10.0. The van der Waals surface area contributed by atoms with Crippen molar-refractivity contribution in [3.05, 3.63) is 46.0 Å². The van der Waals surface area contributed by atoms with Gasteiger partial charge in [-0.25, -0.2) is 8.78 Å². The maximum Gasteiger partial charge on any atom is 0.177 e. The third-order valence-corrected chi connectivity index (χ3v) is 3.69. The number of aliphatic hydroxyl groups is 1. The monoisotopic (exact) mass is 298 g/mol. The summed E-state index contributed by atoms with van der Waals surface area (Å²) in [6, 6.07) is 1.87. The first-order chi connectivity index (χ1) is 9.60. The number of imidazole rings is 1. The van der Waals surface area contributed by atoms with Crippen molar-refractivity contribution in [1.29, 1.82) is 0 Å². The Balaban J connectivity index is 2.00. The molecule has 2 heterocycles. The van der Waals surface area contributed by atoms with Crippen LogP contribution >= 0.6 is 12.2 Å². The van der Waals surface area contributed by atoms with E-state index in [1.54, 1.807) is 10.8 Å². The zero-order valence-corrected chi connectivity index (χ0v) is 11.2.